The summed E-state index contributed by atoms with van der Waals surface area (Å²) in [5.74, 6) is 3.06. The van der Waals surface area contributed by atoms with Crippen molar-refractivity contribution in [2.75, 3.05) is 32.9 Å². The summed E-state index contributed by atoms with van der Waals surface area (Å²) in [4.78, 5) is 13.9. The summed E-state index contributed by atoms with van der Waals surface area (Å²) in [6.45, 7) is 4.49. The molecule has 0 fully saturated rings. The van der Waals surface area contributed by atoms with Gasteiger partial charge < -0.3 is 9.47 Å². The van der Waals surface area contributed by atoms with Gasteiger partial charge in [-0.15, -0.1) is 0 Å². The predicted octanol–water partition coefficient (Wildman–Crippen LogP) is -0.593. The standard InChI is InChI=1S/C21H24N6O2/c1-14-18-10-17(29-3)8-9-19(18)25-21(24-14)26-20-22-12-27(13-23-20)11-15-4-6-16(28-2)7-5-15/h4-10H,11-13H2,1-3H3,(H2,22,23,24,25,26)/p+2. The average Bonchev–Trinajstić information content (AvgIpc) is 2.75. The highest BCUT2D eigenvalue weighted by molar-refractivity contribution is 5.89. The van der Waals surface area contributed by atoms with E-state index in [1.165, 1.54) is 10.5 Å². The first kappa shape index (κ1) is 18.9. The van der Waals surface area contributed by atoms with Gasteiger partial charge in [0.25, 0.3) is 5.95 Å². The second-order valence-corrected chi connectivity index (χ2v) is 7.00. The molecule has 29 heavy (non-hydrogen) atoms. The van der Waals surface area contributed by atoms with Crippen molar-refractivity contribution in [1.29, 1.82) is 0 Å². The first-order valence-electron chi connectivity index (χ1n) is 9.55. The van der Waals surface area contributed by atoms with E-state index in [0.717, 1.165) is 53.9 Å². The van der Waals surface area contributed by atoms with E-state index < -0.39 is 0 Å². The van der Waals surface area contributed by atoms with Crippen molar-refractivity contribution in [3.63, 3.8) is 0 Å². The Morgan fingerprint density at radius 2 is 1.83 bits per heavy atom. The van der Waals surface area contributed by atoms with E-state index in [9.17, 15) is 0 Å². The van der Waals surface area contributed by atoms with Crippen molar-refractivity contribution >= 4 is 22.8 Å². The molecule has 0 saturated carbocycles. The number of nitrogens with zero attached hydrogens (tertiary/aromatic N) is 2. The minimum Gasteiger partial charge on any atom is -0.497 e. The van der Waals surface area contributed by atoms with Crippen LogP contribution in [0, 0.1) is 6.92 Å². The van der Waals surface area contributed by atoms with Crippen LogP contribution in [0.25, 0.3) is 10.9 Å². The Balaban J connectivity index is 1.41. The van der Waals surface area contributed by atoms with E-state index in [-0.39, 0.29) is 0 Å². The van der Waals surface area contributed by atoms with Gasteiger partial charge in [-0.05, 0) is 49.4 Å². The number of nitrogens with one attached hydrogen (secondary N) is 4. The van der Waals surface area contributed by atoms with Gasteiger partial charge in [0.1, 0.15) is 18.0 Å². The Bertz CT molecular complexity index is 1040. The molecule has 4 rings (SSSR count). The topological polar surface area (TPSA) is 86.7 Å². The summed E-state index contributed by atoms with van der Waals surface area (Å²) in [6, 6.07) is 14.0. The van der Waals surface area contributed by atoms with E-state index in [4.69, 9.17) is 9.47 Å². The average molecular weight is 394 g/mol. The third-order valence-electron chi connectivity index (χ3n) is 4.97. The highest BCUT2D eigenvalue weighted by Crippen LogP contribution is 2.22. The van der Waals surface area contributed by atoms with Crippen LogP contribution in [0.1, 0.15) is 11.3 Å². The molecule has 1 unspecified atom stereocenters. The van der Waals surface area contributed by atoms with E-state index in [1.54, 1.807) is 14.2 Å². The van der Waals surface area contributed by atoms with Crippen molar-refractivity contribution in [1.82, 2.24) is 15.3 Å². The van der Waals surface area contributed by atoms with Crippen LogP contribution in [0.3, 0.4) is 0 Å². The highest BCUT2D eigenvalue weighted by atomic mass is 16.5. The maximum atomic E-state index is 5.29. The quantitative estimate of drug-likeness (QED) is 0.463. The lowest BCUT2D eigenvalue weighted by Crippen LogP contribution is -3.23. The van der Waals surface area contributed by atoms with Gasteiger partial charge in [0, 0.05) is 10.9 Å². The van der Waals surface area contributed by atoms with Crippen molar-refractivity contribution in [3.8, 4) is 11.5 Å². The zero-order chi connectivity index (χ0) is 20.2. The molecular formula is C21H26N6O2+2. The molecule has 8 nitrogen and oxygen atoms in total. The fraction of sp³-hybridized carbons (Fsp3) is 0.286. The molecular weight excluding hydrogens is 368 g/mol. The number of hydrogen-bond acceptors (Lipinski definition) is 6. The SMILES string of the molecule is COc1ccc(C[NH+]2CNC(Nc3nc(C)c4cc(OC)ccc4n3)=[NH+]C2)cc1. The lowest BCUT2D eigenvalue weighted by Gasteiger charge is -2.20. The molecule has 3 aromatic rings. The van der Waals surface area contributed by atoms with Crippen molar-refractivity contribution in [2.45, 2.75) is 13.5 Å². The first-order valence-corrected chi connectivity index (χ1v) is 9.55. The molecule has 0 amide bonds. The smallest absolute Gasteiger partial charge is 0.359 e. The predicted molar refractivity (Wildman–Crippen MR) is 111 cm³/mol. The Morgan fingerprint density at radius 1 is 1.07 bits per heavy atom. The number of rotatable bonds is 5. The molecule has 0 aliphatic carbocycles. The second kappa shape index (κ2) is 8.32. The zero-order valence-electron chi connectivity index (χ0n) is 16.9. The number of ether oxygens (including phenoxy) is 2. The minimum atomic E-state index is 0.564. The van der Waals surface area contributed by atoms with E-state index in [1.807, 2.05) is 37.3 Å². The summed E-state index contributed by atoms with van der Waals surface area (Å²) < 4.78 is 10.5. The molecule has 0 bridgehead atoms. The Hall–Kier alpha value is -3.39. The minimum absolute atomic E-state index is 0.564. The van der Waals surface area contributed by atoms with Crippen LogP contribution in [-0.2, 0) is 6.54 Å². The van der Waals surface area contributed by atoms with Crippen molar-refractivity contribution in [3.05, 3.63) is 53.7 Å². The Kier molecular flexibility index (Phi) is 5.44. The molecule has 2 heterocycles. The third-order valence-corrected chi connectivity index (χ3v) is 4.97. The molecule has 2 aromatic carbocycles. The van der Waals surface area contributed by atoms with Gasteiger partial charge in [0.05, 0.1) is 25.4 Å². The number of anilines is 1. The van der Waals surface area contributed by atoms with E-state index >= 15 is 0 Å². The molecule has 150 valence electrons. The van der Waals surface area contributed by atoms with Crippen LogP contribution >= 0.6 is 0 Å². The van der Waals surface area contributed by atoms with Gasteiger partial charge in [-0.2, -0.15) is 4.98 Å². The van der Waals surface area contributed by atoms with Crippen molar-refractivity contribution < 1.29 is 19.4 Å². The zero-order valence-corrected chi connectivity index (χ0v) is 16.9. The van der Waals surface area contributed by atoms with Crippen LogP contribution in [0.4, 0.5) is 5.95 Å². The summed E-state index contributed by atoms with van der Waals surface area (Å²) in [7, 11) is 3.34. The normalized spacial score (nSPS) is 16.1. The monoisotopic (exact) mass is 394 g/mol. The van der Waals surface area contributed by atoms with Gasteiger partial charge in [0.15, 0.2) is 13.3 Å². The third kappa shape index (κ3) is 4.38. The highest BCUT2D eigenvalue weighted by Gasteiger charge is 2.21. The second-order valence-electron chi connectivity index (χ2n) is 7.00. The molecule has 1 atom stereocenters. The molecule has 0 radical (unpaired) electrons. The largest absolute Gasteiger partial charge is 0.497 e. The van der Waals surface area contributed by atoms with E-state index in [0.29, 0.717) is 5.95 Å². The van der Waals surface area contributed by atoms with E-state index in [2.05, 4.69) is 37.7 Å². The number of fused-ring (bicyclic) bond motifs is 1. The fourth-order valence-corrected chi connectivity index (χ4v) is 3.35. The lowest BCUT2D eigenvalue weighted by molar-refractivity contribution is -0.991. The molecule has 8 heteroatoms. The molecule has 1 aromatic heterocycles. The van der Waals surface area contributed by atoms with Gasteiger partial charge in [-0.25, -0.2) is 20.6 Å². The number of methoxy groups -OCH3 is 2. The van der Waals surface area contributed by atoms with Crippen LogP contribution in [0.15, 0.2) is 42.5 Å². The van der Waals surface area contributed by atoms with Crippen LogP contribution < -0.4 is 30.0 Å². The number of aromatic nitrogens is 2. The number of aryl methyl sites for hydroxylation is 1. The first-order chi connectivity index (χ1) is 14.1. The van der Waals surface area contributed by atoms with Gasteiger partial charge in [-0.3, -0.25) is 4.90 Å². The number of quaternary nitrogens is 1. The maximum absolute atomic E-state index is 5.29. The number of benzene rings is 2. The van der Waals surface area contributed by atoms with Crippen LogP contribution in [0.2, 0.25) is 0 Å². The summed E-state index contributed by atoms with van der Waals surface area (Å²) in [5, 5.41) is 7.62. The van der Waals surface area contributed by atoms with Crippen LogP contribution in [0.5, 0.6) is 11.5 Å². The fourth-order valence-electron chi connectivity index (χ4n) is 3.35. The molecule has 0 spiro atoms. The van der Waals surface area contributed by atoms with Gasteiger partial charge in [0.2, 0.25) is 0 Å². The molecule has 4 N–H and O–H groups in total. The summed E-state index contributed by atoms with van der Waals surface area (Å²) in [6.07, 6.45) is 0. The molecule has 1 aliphatic rings. The number of guanidine groups is 1. The summed E-state index contributed by atoms with van der Waals surface area (Å²) >= 11 is 0. The van der Waals surface area contributed by atoms with Gasteiger partial charge in [-0.1, -0.05) is 0 Å². The number of hydrogen-bond donors (Lipinski definition) is 4. The Morgan fingerprint density at radius 3 is 2.52 bits per heavy atom. The molecule has 0 saturated heterocycles. The van der Waals surface area contributed by atoms with Crippen LogP contribution in [-0.4, -0.2) is 43.5 Å². The maximum Gasteiger partial charge on any atom is 0.359 e. The molecule has 1 aliphatic heterocycles. The summed E-state index contributed by atoms with van der Waals surface area (Å²) in [5.41, 5.74) is 3.05. The lowest BCUT2D eigenvalue weighted by atomic mass is 10.2. The Labute approximate surface area is 169 Å². The van der Waals surface area contributed by atoms with Crippen molar-refractivity contribution in [2.24, 2.45) is 0 Å². The van der Waals surface area contributed by atoms with Gasteiger partial charge >= 0.3 is 5.96 Å².